The van der Waals surface area contributed by atoms with Crippen LogP contribution in [0.4, 0.5) is 5.69 Å². The van der Waals surface area contributed by atoms with Gasteiger partial charge < -0.3 is 0 Å². The van der Waals surface area contributed by atoms with Crippen molar-refractivity contribution in [1.29, 1.82) is 0 Å². The summed E-state index contributed by atoms with van der Waals surface area (Å²) in [5.41, 5.74) is 2.90. The highest BCUT2D eigenvalue weighted by Crippen LogP contribution is 2.46. The number of rotatable bonds is 4. The maximum Gasteiger partial charge on any atom is 0.269 e. The third-order valence-corrected chi connectivity index (χ3v) is 7.96. The van der Waals surface area contributed by atoms with Gasteiger partial charge in [-0.05, 0) is 35.2 Å². The summed E-state index contributed by atoms with van der Waals surface area (Å²) < 4.78 is 28.8. The molecule has 0 bridgehead atoms. The molecule has 3 aromatic carbocycles. The Morgan fingerprint density at radius 2 is 1.68 bits per heavy atom. The molecule has 2 atom stereocenters. The number of nitro groups is 1. The number of benzene rings is 3. The van der Waals surface area contributed by atoms with Gasteiger partial charge in [0.15, 0.2) is 0 Å². The second kappa shape index (κ2) is 7.56. The van der Waals surface area contributed by atoms with Gasteiger partial charge in [-0.25, -0.2) is 8.42 Å². The smallest absolute Gasteiger partial charge is 0.269 e. The zero-order valence-corrected chi connectivity index (χ0v) is 17.5. The van der Waals surface area contributed by atoms with Crippen LogP contribution in [0.1, 0.15) is 28.9 Å². The fourth-order valence-corrected chi connectivity index (χ4v) is 6.33. The van der Waals surface area contributed by atoms with Crippen LogP contribution in [0.2, 0.25) is 0 Å². The summed E-state index contributed by atoms with van der Waals surface area (Å²) in [6.07, 6.45) is 0.195. The van der Waals surface area contributed by atoms with Crippen LogP contribution in [0.15, 0.2) is 83.8 Å². The van der Waals surface area contributed by atoms with Gasteiger partial charge in [-0.2, -0.15) is 4.31 Å². The van der Waals surface area contributed by atoms with Gasteiger partial charge in [-0.15, -0.1) is 0 Å². The number of non-ortho nitro benzene ring substituents is 1. The molecule has 31 heavy (non-hydrogen) atoms. The van der Waals surface area contributed by atoms with Crippen LogP contribution < -0.4 is 0 Å². The average Bonchev–Trinajstić information content (AvgIpc) is 3.21. The van der Waals surface area contributed by atoms with Crippen LogP contribution in [0.3, 0.4) is 0 Å². The molecule has 0 unspecified atom stereocenters. The average molecular weight is 436 g/mol. The van der Waals surface area contributed by atoms with E-state index in [0.29, 0.717) is 18.7 Å². The predicted molar refractivity (Wildman–Crippen MR) is 116 cm³/mol. The van der Waals surface area contributed by atoms with Gasteiger partial charge in [0.25, 0.3) is 5.69 Å². The number of hydrogen-bond donors (Lipinski definition) is 0. The molecule has 3 aromatic rings. The Morgan fingerprint density at radius 3 is 2.45 bits per heavy atom. The molecule has 8 heteroatoms. The minimum atomic E-state index is -3.81. The molecule has 158 valence electrons. The standard InChI is InChI=1S/C23H21N3O4S/c27-26(28)19-9-6-8-18(15-19)23-24-14-13-17-7-4-5-12-21(17)22(24)16-25(23)31(29,30)20-10-2-1-3-11-20/h1-12,15,22-23H,13-14,16H2/t22-,23-/m1/s1. The van der Waals surface area contributed by atoms with Crippen LogP contribution in [0, 0.1) is 10.1 Å². The first-order valence-electron chi connectivity index (χ1n) is 10.1. The predicted octanol–water partition coefficient (Wildman–Crippen LogP) is 3.90. The highest BCUT2D eigenvalue weighted by molar-refractivity contribution is 7.89. The van der Waals surface area contributed by atoms with E-state index in [0.717, 1.165) is 12.0 Å². The molecule has 0 amide bonds. The van der Waals surface area contributed by atoms with Gasteiger partial charge in [0.2, 0.25) is 10.0 Å². The first kappa shape index (κ1) is 19.9. The lowest BCUT2D eigenvalue weighted by Crippen LogP contribution is -2.37. The monoisotopic (exact) mass is 435 g/mol. The van der Waals surface area contributed by atoms with E-state index < -0.39 is 21.1 Å². The van der Waals surface area contributed by atoms with Crippen molar-refractivity contribution in [3.63, 3.8) is 0 Å². The summed E-state index contributed by atoms with van der Waals surface area (Å²) >= 11 is 0. The number of nitro benzene ring substituents is 1. The Morgan fingerprint density at radius 1 is 0.935 bits per heavy atom. The zero-order chi connectivity index (χ0) is 21.6. The van der Waals surface area contributed by atoms with Crippen LogP contribution in [0.25, 0.3) is 0 Å². The molecule has 2 aliphatic heterocycles. The van der Waals surface area contributed by atoms with Crippen LogP contribution >= 0.6 is 0 Å². The largest absolute Gasteiger partial charge is 0.274 e. The molecule has 2 heterocycles. The lowest BCUT2D eigenvalue weighted by molar-refractivity contribution is -0.385. The molecule has 1 saturated heterocycles. The third-order valence-electron chi connectivity index (χ3n) is 6.12. The van der Waals surface area contributed by atoms with Crippen molar-refractivity contribution in [2.45, 2.75) is 23.5 Å². The lowest BCUT2D eigenvalue weighted by Gasteiger charge is -2.35. The Balaban J connectivity index is 1.65. The summed E-state index contributed by atoms with van der Waals surface area (Å²) in [5, 5.41) is 11.4. The van der Waals surface area contributed by atoms with Gasteiger partial charge in [0.05, 0.1) is 15.9 Å². The molecule has 0 aliphatic carbocycles. The SMILES string of the molecule is O=[N+]([O-])c1cccc([C@@H]2N3CCc4ccccc4[C@H]3CN2S(=O)(=O)c2ccccc2)c1. The second-order valence-electron chi connectivity index (χ2n) is 7.82. The zero-order valence-electron chi connectivity index (χ0n) is 16.7. The summed E-state index contributed by atoms with van der Waals surface area (Å²) in [4.78, 5) is 13.3. The Labute approximate surface area is 180 Å². The summed E-state index contributed by atoms with van der Waals surface area (Å²) in [6, 6.07) is 22.7. The quantitative estimate of drug-likeness (QED) is 0.458. The first-order chi connectivity index (χ1) is 15.0. The van der Waals surface area contributed by atoms with Crippen molar-refractivity contribution in [3.8, 4) is 0 Å². The molecule has 2 aliphatic rings. The normalized spacial score (nSPS) is 21.4. The Bertz CT molecular complexity index is 1250. The number of nitrogens with zero attached hydrogens (tertiary/aromatic N) is 3. The fourth-order valence-electron chi connectivity index (χ4n) is 4.72. The maximum atomic E-state index is 13.7. The summed E-state index contributed by atoms with van der Waals surface area (Å²) in [6.45, 7) is 0.970. The first-order valence-corrected chi connectivity index (χ1v) is 11.6. The molecule has 5 rings (SSSR count). The van der Waals surface area contributed by atoms with E-state index in [1.807, 2.05) is 12.1 Å². The van der Waals surface area contributed by atoms with Gasteiger partial charge in [0.1, 0.15) is 6.17 Å². The van der Waals surface area contributed by atoms with Gasteiger partial charge >= 0.3 is 0 Å². The van der Waals surface area contributed by atoms with E-state index in [1.165, 1.54) is 22.0 Å². The highest BCUT2D eigenvalue weighted by Gasteiger charge is 2.48. The topological polar surface area (TPSA) is 83.8 Å². The molecular formula is C23H21N3O4S. The van der Waals surface area contributed by atoms with Gasteiger partial charge in [-0.3, -0.25) is 15.0 Å². The number of hydrogen-bond acceptors (Lipinski definition) is 5. The molecule has 0 saturated carbocycles. The minimum absolute atomic E-state index is 0.0459. The molecule has 1 fully saturated rings. The van der Waals surface area contributed by atoms with Crippen LogP contribution in [0.5, 0.6) is 0 Å². The van der Waals surface area contributed by atoms with Crippen molar-refractivity contribution in [1.82, 2.24) is 9.21 Å². The molecule has 7 nitrogen and oxygen atoms in total. The molecule has 0 radical (unpaired) electrons. The van der Waals surface area contributed by atoms with Crippen LogP contribution in [-0.4, -0.2) is 35.6 Å². The van der Waals surface area contributed by atoms with Crippen molar-refractivity contribution in [2.75, 3.05) is 13.1 Å². The van der Waals surface area contributed by atoms with Crippen LogP contribution in [-0.2, 0) is 16.4 Å². The molecule has 0 spiro atoms. The van der Waals surface area contributed by atoms with Crippen molar-refractivity contribution in [2.24, 2.45) is 0 Å². The van der Waals surface area contributed by atoms with Crippen molar-refractivity contribution in [3.05, 3.63) is 106 Å². The number of fused-ring (bicyclic) bond motifs is 3. The second-order valence-corrected chi connectivity index (χ2v) is 9.71. The third kappa shape index (κ3) is 3.33. The Kier molecular flexibility index (Phi) is 4.85. The molecule has 0 N–H and O–H groups in total. The van der Waals surface area contributed by atoms with Crippen molar-refractivity contribution >= 4 is 15.7 Å². The highest BCUT2D eigenvalue weighted by atomic mass is 32.2. The van der Waals surface area contributed by atoms with E-state index in [4.69, 9.17) is 0 Å². The fraction of sp³-hybridized carbons (Fsp3) is 0.217. The Hall–Kier alpha value is -3.07. The molecule has 0 aromatic heterocycles. The van der Waals surface area contributed by atoms with E-state index in [1.54, 1.807) is 42.5 Å². The summed E-state index contributed by atoms with van der Waals surface area (Å²) in [7, 11) is -3.81. The van der Waals surface area contributed by atoms with E-state index in [9.17, 15) is 18.5 Å². The van der Waals surface area contributed by atoms with E-state index >= 15 is 0 Å². The number of sulfonamides is 1. The van der Waals surface area contributed by atoms with Crippen molar-refractivity contribution < 1.29 is 13.3 Å². The molecular weight excluding hydrogens is 414 g/mol. The van der Waals surface area contributed by atoms with Gasteiger partial charge in [0, 0.05) is 25.2 Å². The lowest BCUT2D eigenvalue weighted by atomic mass is 9.93. The van der Waals surface area contributed by atoms with Gasteiger partial charge in [-0.1, -0.05) is 54.6 Å². The van der Waals surface area contributed by atoms with E-state index in [2.05, 4.69) is 17.0 Å². The minimum Gasteiger partial charge on any atom is -0.274 e. The van der Waals surface area contributed by atoms with E-state index in [-0.39, 0.29) is 16.6 Å². The maximum absolute atomic E-state index is 13.7. The summed E-state index contributed by atoms with van der Waals surface area (Å²) in [5.74, 6) is 0.